The molecule has 0 bridgehead atoms. The molecule has 2 rings (SSSR count). The van der Waals surface area contributed by atoms with Crippen molar-refractivity contribution in [3.05, 3.63) is 20.8 Å². The zero-order valence-electron chi connectivity index (χ0n) is 11.3. The molecule has 1 saturated carbocycles. The van der Waals surface area contributed by atoms with E-state index in [0.717, 1.165) is 18.5 Å². The highest BCUT2D eigenvalue weighted by atomic mass is 79.9. The molecule has 0 aromatic carbocycles. The van der Waals surface area contributed by atoms with Gasteiger partial charge in [0.25, 0.3) is 0 Å². The SMILES string of the molecule is CCCC1CCC(NCCc2ccc(Br)s2)CC1. The van der Waals surface area contributed by atoms with Gasteiger partial charge in [0.1, 0.15) is 0 Å². The molecular formula is C15H24BrNS. The number of thiophene rings is 1. The van der Waals surface area contributed by atoms with Crippen molar-refractivity contribution in [3.63, 3.8) is 0 Å². The summed E-state index contributed by atoms with van der Waals surface area (Å²) >= 11 is 5.38. The predicted molar refractivity (Wildman–Crippen MR) is 84.4 cm³/mol. The summed E-state index contributed by atoms with van der Waals surface area (Å²) in [7, 11) is 0. The molecule has 1 heterocycles. The van der Waals surface area contributed by atoms with Crippen LogP contribution < -0.4 is 5.32 Å². The second-order valence-corrected chi connectivity index (χ2v) is 7.96. The van der Waals surface area contributed by atoms with Gasteiger partial charge >= 0.3 is 0 Å². The van der Waals surface area contributed by atoms with Crippen molar-refractivity contribution in [2.45, 2.75) is 57.9 Å². The molecule has 0 radical (unpaired) electrons. The van der Waals surface area contributed by atoms with Gasteiger partial charge in [0, 0.05) is 17.5 Å². The van der Waals surface area contributed by atoms with Crippen molar-refractivity contribution >= 4 is 27.3 Å². The van der Waals surface area contributed by atoms with E-state index in [1.54, 1.807) is 0 Å². The molecule has 0 unspecified atom stereocenters. The van der Waals surface area contributed by atoms with Crippen LogP contribution in [0.2, 0.25) is 0 Å². The Morgan fingerprint density at radius 3 is 2.67 bits per heavy atom. The Labute approximate surface area is 123 Å². The summed E-state index contributed by atoms with van der Waals surface area (Å²) in [6.07, 6.45) is 9.63. The molecule has 1 aliphatic carbocycles. The van der Waals surface area contributed by atoms with Gasteiger partial charge in [-0.05, 0) is 66.1 Å². The summed E-state index contributed by atoms with van der Waals surface area (Å²) < 4.78 is 1.25. The molecule has 3 heteroatoms. The minimum absolute atomic E-state index is 0.779. The lowest BCUT2D eigenvalue weighted by Gasteiger charge is -2.29. The van der Waals surface area contributed by atoms with Crippen LogP contribution in [0.3, 0.4) is 0 Å². The van der Waals surface area contributed by atoms with Gasteiger partial charge in [-0.25, -0.2) is 0 Å². The molecule has 1 nitrogen and oxygen atoms in total. The van der Waals surface area contributed by atoms with Gasteiger partial charge in [-0.2, -0.15) is 0 Å². The Hall–Kier alpha value is 0.140. The first kappa shape index (κ1) is 14.5. The van der Waals surface area contributed by atoms with Crippen LogP contribution in [-0.2, 0) is 6.42 Å². The minimum atomic E-state index is 0.779. The van der Waals surface area contributed by atoms with Crippen LogP contribution in [0.5, 0.6) is 0 Å². The van der Waals surface area contributed by atoms with Crippen molar-refractivity contribution in [2.24, 2.45) is 5.92 Å². The molecule has 1 aromatic rings. The van der Waals surface area contributed by atoms with Gasteiger partial charge in [-0.3, -0.25) is 0 Å². The summed E-state index contributed by atoms with van der Waals surface area (Å²) in [5, 5.41) is 3.73. The Kier molecular flexibility index (Phi) is 6.19. The first-order valence-corrected chi connectivity index (χ1v) is 8.86. The highest BCUT2D eigenvalue weighted by Gasteiger charge is 2.19. The van der Waals surface area contributed by atoms with E-state index in [0.29, 0.717) is 0 Å². The molecule has 0 atom stereocenters. The van der Waals surface area contributed by atoms with Crippen LogP contribution in [0.25, 0.3) is 0 Å². The van der Waals surface area contributed by atoms with E-state index in [-0.39, 0.29) is 0 Å². The van der Waals surface area contributed by atoms with Crippen LogP contribution in [-0.4, -0.2) is 12.6 Å². The molecule has 18 heavy (non-hydrogen) atoms. The molecule has 1 fully saturated rings. The van der Waals surface area contributed by atoms with E-state index in [1.807, 2.05) is 11.3 Å². The second-order valence-electron chi connectivity index (χ2n) is 5.42. The lowest BCUT2D eigenvalue weighted by molar-refractivity contribution is 0.279. The van der Waals surface area contributed by atoms with E-state index in [2.05, 4.69) is 40.3 Å². The third-order valence-electron chi connectivity index (χ3n) is 3.98. The van der Waals surface area contributed by atoms with E-state index < -0.39 is 0 Å². The van der Waals surface area contributed by atoms with Crippen molar-refractivity contribution in [1.82, 2.24) is 5.32 Å². The zero-order chi connectivity index (χ0) is 12.8. The Morgan fingerprint density at radius 2 is 2.06 bits per heavy atom. The standard InChI is InChI=1S/C15H24BrNS/c1-2-3-12-4-6-13(7-5-12)17-11-10-14-8-9-15(16)18-14/h8-9,12-13,17H,2-7,10-11H2,1H3. The van der Waals surface area contributed by atoms with Crippen molar-refractivity contribution in [1.29, 1.82) is 0 Å². The maximum absolute atomic E-state index is 3.73. The van der Waals surface area contributed by atoms with Crippen LogP contribution in [0.1, 0.15) is 50.3 Å². The molecule has 102 valence electrons. The summed E-state index contributed by atoms with van der Waals surface area (Å²) in [6.45, 7) is 3.44. The first-order valence-electron chi connectivity index (χ1n) is 7.25. The summed E-state index contributed by atoms with van der Waals surface area (Å²) in [5.74, 6) is 1.02. The summed E-state index contributed by atoms with van der Waals surface area (Å²) in [5.41, 5.74) is 0. The molecular weight excluding hydrogens is 306 g/mol. The van der Waals surface area contributed by atoms with Gasteiger partial charge in [-0.1, -0.05) is 19.8 Å². The van der Waals surface area contributed by atoms with E-state index >= 15 is 0 Å². The fraction of sp³-hybridized carbons (Fsp3) is 0.733. The first-order chi connectivity index (χ1) is 8.78. The maximum atomic E-state index is 3.73. The molecule has 1 aliphatic rings. The average molecular weight is 330 g/mol. The van der Waals surface area contributed by atoms with Crippen molar-refractivity contribution in [2.75, 3.05) is 6.54 Å². The summed E-state index contributed by atoms with van der Waals surface area (Å²) in [4.78, 5) is 1.48. The van der Waals surface area contributed by atoms with Gasteiger partial charge < -0.3 is 5.32 Å². The van der Waals surface area contributed by atoms with E-state index in [1.165, 1.54) is 53.6 Å². The molecule has 0 aliphatic heterocycles. The number of rotatable bonds is 6. The lowest BCUT2D eigenvalue weighted by atomic mass is 9.83. The Morgan fingerprint density at radius 1 is 1.28 bits per heavy atom. The monoisotopic (exact) mass is 329 g/mol. The quantitative estimate of drug-likeness (QED) is 0.774. The third kappa shape index (κ3) is 4.67. The topological polar surface area (TPSA) is 12.0 Å². The Balaban J connectivity index is 1.60. The Bertz CT molecular complexity index is 342. The molecule has 0 amide bonds. The highest BCUT2D eigenvalue weighted by molar-refractivity contribution is 9.11. The third-order valence-corrected chi connectivity index (χ3v) is 5.66. The van der Waals surface area contributed by atoms with Crippen LogP contribution in [0.4, 0.5) is 0 Å². The molecule has 1 aromatic heterocycles. The van der Waals surface area contributed by atoms with Crippen LogP contribution in [0.15, 0.2) is 15.9 Å². The maximum Gasteiger partial charge on any atom is 0.0701 e. The minimum Gasteiger partial charge on any atom is -0.314 e. The average Bonchev–Trinajstić information content (AvgIpc) is 2.78. The molecule has 0 spiro atoms. The summed E-state index contributed by atoms with van der Waals surface area (Å²) in [6, 6.07) is 5.16. The number of hydrogen-bond acceptors (Lipinski definition) is 2. The number of hydrogen-bond donors (Lipinski definition) is 1. The normalized spacial score (nSPS) is 24.3. The molecule has 0 saturated heterocycles. The lowest BCUT2D eigenvalue weighted by Crippen LogP contribution is -2.34. The highest BCUT2D eigenvalue weighted by Crippen LogP contribution is 2.28. The van der Waals surface area contributed by atoms with Crippen molar-refractivity contribution < 1.29 is 0 Å². The molecule has 1 N–H and O–H groups in total. The van der Waals surface area contributed by atoms with Gasteiger partial charge in [0.2, 0.25) is 0 Å². The van der Waals surface area contributed by atoms with Crippen LogP contribution in [0, 0.1) is 5.92 Å². The predicted octanol–water partition coefficient (Wildman–Crippen LogP) is 5.00. The van der Waals surface area contributed by atoms with Crippen molar-refractivity contribution in [3.8, 4) is 0 Å². The second kappa shape index (κ2) is 7.66. The fourth-order valence-electron chi connectivity index (χ4n) is 2.95. The fourth-order valence-corrected chi connectivity index (χ4v) is 4.43. The van der Waals surface area contributed by atoms with Gasteiger partial charge in [0.15, 0.2) is 0 Å². The van der Waals surface area contributed by atoms with Crippen LogP contribution >= 0.6 is 27.3 Å². The van der Waals surface area contributed by atoms with Gasteiger partial charge in [0.05, 0.1) is 3.79 Å². The van der Waals surface area contributed by atoms with E-state index in [9.17, 15) is 0 Å². The smallest absolute Gasteiger partial charge is 0.0701 e. The number of halogens is 1. The largest absolute Gasteiger partial charge is 0.314 e. The van der Waals surface area contributed by atoms with E-state index in [4.69, 9.17) is 0 Å². The zero-order valence-corrected chi connectivity index (χ0v) is 13.7. The number of nitrogens with one attached hydrogen (secondary N) is 1. The van der Waals surface area contributed by atoms with Gasteiger partial charge in [-0.15, -0.1) is 11.3 Å².